The Bertz CT molecular complexity index is 1160. The van der Waals surface area contributed by atoms with Crippen LogP contribution in [-0.4, -0.2) is 29.0 Å². The van der Waals surface area contributed by atoms with Crippen LogP contribution >= 0.6 is 28.1 Å². The monoisotopic (exact) mass is 525 g/mol. The molecule has 2 amide bonds. The van der Waals surface area contributed by atoms with E-state index < -0.39 is 11.8 Å². The average Bonchev–Trinajstić information content (AvgIpc) is 2.75. The van der Waals surface area contributed by atoms with E-state index in [0.29, 0.717) is 11.6 Å². The second kappa shape index (κ2) is 9.03. The van der Waals surface area contributed by atoms with E-state index in [2.05, 4.69) is 66.0 Å². The Morgan fingerprint density at radius 2 is 1.88 bits per heavy atom. The Balaban J connectivity index is 1.72. The lowest BCUT2D eigenvalue weighted by atomic mass is 9.79. The molecule has 2 aromatic carbocycles. The van der Waals surface area contributed by atoms with E-state index in [4.69, 9.17) is 12.2 Å². The largest absolute Gasteiger partial charge is 0.366 e. The zero-order valence-corrected chi connectivity index (χ0v) is 21.7. The van der Waals surface area contributed by atoms with Crippen molar-refractivity contribution >= 4 is 62.5 Å². The zero-order chi connectivity index (χ0) is 23.9. The molecule has 2 aliphatic heterocycles. The molecule has 0 aromatic heterocycles. The molecule has 0 saturated carbocycles. The minimum absolute atomic E-state index is 0.0701. The van der Waals surface area contributed by atoms with Gasteiger partial charge in [-0.25, -0.2) is 0 Å². The first-order valence-corrected chi connectivity index (χ1v) is 12.4. The maximum absolute atomic E-state index is 13.3. The molecule has 33 heavy (non-hydrogen) atoms. The number of thiocarbonyl (C=S) groups is 1. The van der Waals surface area contributed by atoms with E-state index >= 15 is 0 Å². The van der Waals surface area contributed by atoms with Gasteiger partial charge < -0.3 is 4.90 Å². The summed E-state index contributed by atoms with van der Waals surface area (Å²) in [4.78, 5) is 29.8. The van der Waals surface area contributed by atoms with Crippen LogP contribution in [0.25, 0.3) is 6.08 Å². The number of hydrogen-bond donors (Lipinski definition) is 1. The highest BCUT2D eigenvalue weighted by Gasteiger charge is 2.37. The van der Waals surface area contributed by atoms with Crippen LogP contribution in [0.1, 0.15) is 57.6 Å². The molecule has 2 aromatic rings. The van der Waals surface area contributed by atoms with E-state index in [1.54, 1.807) is 18.2 Å². The van der Waals surface area contributed by atoms with Crippen LogP contribution in [-0.2, 0) is 9.59 Å². The van der Waals surface area contributed by atoms with E-state index in [-0.39, 0.29) is 16.2 Å². The maximum atomic E-state index is 13.3. The molecule has 0 spiro atoms. The Kier molecular flexibility index (Phi) is 6.47. The van der Waals surface area contributed by atoms with Gasteiger partial charge >= 0.3 is 0 Å². The summed E-state index contributed by atoms with van der Waals surface area (Å²) in [5.74, 6) is -0.521. The highest BCUT2D eigenvalue weighted by Crippen LogP contribution is 2.43. The van der Waals surface area contributed by atoms with Crippen LogP contribution < -0.4 is 15.1 Å². The van der Waals surface area contributed by atoms with Crippen molar-refractivity contribution in [2.75, 3.05) is 16.3 Å². The predicted molar refractivity (Wildman–Crippen MR) is 142 cm³/mol. The van der Waals surface area contributed by atoms with E-state index in [0.717, 1.165) is 29.4 Å². The van der Waals surface area contributed by atoms with Gasteiger partial charge in [0.1, 0.15) is 5.57 Å². The lowest BCUT2D eigenvalue weighted by molar-refractivity contribution is -0.122. The molecule has 0 radical (unpaired) electrons. The number of nitrogens with one attached hydrogen (secondary N) is 1. The molecule has 7 heteroatoms. The van der Waals surface area contributed by atoms with Crippen molar-refractivity contribution in [2.45, 2.75) is 52.0 Å². The molecule has 2 heterocycles. The highest BCUT2D eigenvalue weighted by atomic mass is 79.9. The first-order valence-electron chi connectivity index (χ1n) is 11.2. The van der Waals surface area contributed by atoms with E-state index in [1.807, 2.05) is 18.2 Å². The zero-order valence-electron chi connectivity index (χ0n) is 19.3. The van der Waals surface area contributed by atoms with Gasteiger partial charge in [0.2, 0.25) is 0 Å². The quantitative estimate of drug-likeness (QED) is 0.312. The van der Waals surface area contributed by atoms with Crippen LogP contribution in [0.2, 0.25) is 0 Å². The molecule has 1 N–H and O–H groups in total. The molecule has 5 nitrogen and oxygen atoms in total. The number of nitrogens with zero attached hydrogens (tertiary/aromatic N) is 2. The van der Waals surface area contributed by atoms with Gasteiger partial charge in [-0.05, 0) is 98.4 Å². The van der Waals surface area contributed by atoms with Crippen LogP contribution in [0, 0.1) is 0 Å². The fourth-order valence-electron chi connectivity index (χ4n) is 4.89. The number of rotatable bonds is 4. The number of anilines is 2. The van der Waals surface area contributed by atoms with Crippen LogP contribution in [0.5, 0.6) is 0 Å². The van der Waals surface area contributed by atoms with Gasteiger partial charge in [-0.15, -0.1) is 0 Å². The standard InChI is InChI=1S/C26H28BrN3O2S/c1-5-12-29-22-11-6-17(13-20(22)16(2)15-26(29,3)4)14-21-23(31)28-25(33)30(24(21)32)19-9-7-18(27)8-10-19/h6-11,13-14,16H,5,12,15H2,1-4H3,(H,28,31,33)/b21-14-. The van der Waals surface area contributed by atoms with Gasteiger partial charge in [-0.2, -0.15) is 0 Å². The minimum atomic E-state index is -0.474. The third kappa shape index (κ3) is 4.49. The second-order valence-electron chi connectivity index (χ2n) is 9.32. The number of carbonyl (C=O) groups is 2. The summed E-state index contributed by atoms with van der Waals surface area (Å²) in [6, 6.07) is 13.5. The summed E-state index contributed by atoms with van der Waals surface area (Å²) in [7, 11) is 0. The van der Waals surface area contributed by atoms with Gasteiger partial charge in [-0.1, -0.05) is 35.8 Å². The molecule has 2 aliphatic rings. The smallest absolute Gasteiger partial charge is 0.270 e. The van der Waals surface area contributed by atoms with Crippen molar-refractivity contribution < 1.29 is 9.59 Å². The lowest BCUT2D eigenvalue weighted by Crippen LogP contribution is -2.54. The van der Waals surface area contributed by atoms with Crippen molar-refractivity contribution in [3.63, 3.8) is 0 Å². The molecule has 172 valence electrons. The molecule has 1 saturated heterocycles. The lowest BCUT2D eigenvalue weighted by Gasteiger charge is -2.47. The Morgan fingerprint density at radius 1 is 1.18 bits per heavy atom. The number of halogens is 1. The minimum Gasteiger partial charge on any atom is -0.366 e. The summed E-state index contributed by atoms with van der Waals surface area (Å²) in [6.07, 6.45) is 3.79. The van der Waals surface area contributed by atoms with Crippen LogP contribution in [0.15, 0.2) is 52.5 Å². The topological polar surface area (TPSA) is 52.7 Å². The summed E-state index contributed by atoms with van der Waals surface area (Å²) in [5, 5.41) is 2.74. The summed E-state index contributed by atoms with van der Waals surface area (Å²) < 4.78 is 0.893. The number of fused-ring (bicyclic) bond motifs is 1. The first kappa shape index (κ1) is 23.6. The third-order valence-corrected chi connectivity index (χ3v) is 7.17. The molecular weight excluding hydrogens is 498 g/mol. The first-order chi connectivity index (χ1) is 15.6. The molecule has 1 unspecified atom stereocenters. The van der Waals surface area contributed by atoms with Crippen molar-refractivity contribution in [3.05, 3.63) is 63.6 Å². The van der Waals surface area contributed by atoms with Crippen molar-refractivity contribution in [1.82, 2.24) is 5.32 Å². The normalized spacial score (nSPS) is 21.3. The molecule has 4 rings (SSSR count). The van der Waals surface area contributed by atoms with Crippen molar-refractivity contribution in [3.8, 4) is 0 Å². The second-order valence-corrected chi connectivity index (χ2v) is 10.6. The molecule has 1 fully saturated rings. The van der Waals surface area contributed by atoms with Crippen LogP contribution in [0.3, 0.4) is 0 Å². The number of carbonyl (C=O) groups excluding carboxylic acids is 2. The number of hydrogen-bond acceptors (Lipinski definition) is 4. The van der Waals surface area contributed by atoms with Gasteiger partial charge in [0.05, 0.1) is 5.69 Å². The van der Waals surface area contributed by atoms with Gasteiger partial charge in [0.15, 0.2) is 5.11 Å². The number of amides is 2. The Morgan fingerprint density at radius 3 is 2.55 bits per heavy atom. The molecule has 1 atom stereocenters. The fraction of sp³-hybridized carbons (Fsp3) is 0.346. The van der Waals surface area contributed by atoms with Crippen molar-refractivity contribution in [2.24, 2.45) is 0 Å². The molecular formula is C26H28BrN3O2S. The third-order valence-electron chi connectivity index (χ3n) is 6.35. The predicted octanol–water partition coefficient (Wildman–Crippen LogP) is 5.78. The van der Waals surface area contributed by atoms with Gasteiger partial charge in [0.25, 0.3) is 11.8 Å². The summed E-state index contributed by atoms with van der Waals surface area (Å²) in [5.41, 5.74) is 4.08. The average molecular weight is 527 g/mol. The molecule has 0 bridgehead atoms. The van der Waals surface area contributed by atoms with Crippen LogP contribution in [0.4, 0.5) is 11.4 Å². The molecule has 0 aliphatic carbocycles. The van der Waals surface area contributed by atoms with Gasteiger partial charge in [0, 0.05) is 22.2 Å². The fourth-order valence-corrected chi connectivity index (χ4v) is 5.44. The van der Waals surface area contributed by atoms with E-state index in [1.165, 1.54) is 16.2 Å². The van der Waals surface area contributed by atoms with Gasteiger partial charge in [-0.3, -0.25) is 19.8 Å². The maximum Gasteiger partial charge on any atom is 0.270 e. The summed E-state index contributed by atoms with van der Waals surface area (Å²) >= 11 is 8.70. The summed E-state index contributed by atoms with van der Waals surface area (Å²) in [6.45, 7) is 10.0. The SMILES string of the molecule is CCCN1c2ccc(/C=C3/C(=O)NC(=S)N(c4ccc(Br)cc4)C3=O)cc2C(C)CC1(C)C. The number of benzene rings is 2. The highest BCUT2D eigenvalue weighted by molar-refractivity contribution is 9.10. The Labute approximate surface area is 209 Å². The Hall–Kier alpha value is -2.51. The van der Waals surface area contributed by atoms with E-state index in [9.17, 15) is 9.59 Å². The van der Waals surface area contributed by atoms with Crippen molar-refractivity contribution in [1.29, 1.82) is 0 Å².